The molecule has 1 N–H and O–H groups in total. The van der Waals surface area contributed by atoms with Gasteiger partial charge in [0, 0.05) is 13.1 Å². The first kappa shape index (κ1) is 17.2. The molecule has 0 radical (unpaired) electrons. The van der Waals surface area contributed by atoms with Crippen LogP contribution in [0.3, 0.4) is 0 Å². The summed E-state index contributed by atoms with van der Waals surface area (Å²) in [6.07, 6.45) is 0. The van der Waals surface area contributed by atoms with Crippen LogP contribution in [0.4, 0.5) is 0 Å². The predicted molar refractivity (Wildman–Crippen MR) is 91.8 cm³/mol. The van der Waals surface area contributed by atoms with Crippen molar-refractivity contribution in [3.8, 4) is 0 Å². The zero-order valence-corrected chi connectivity index (χ0v) is 13.8. The zero-order chi connectivity index (χ0) is 16.5. The summed E-state index contributed by atoms with van der Waals surface area (Å²) in [4.78, 5) is 13.9. The van der Waals surface area contributed by atoms with Crippen molar-refractivity contribution in [2.24, 2.45) is 0 Å². The molecule has 1 amide bonds. The summed E-state index contributed by atoms with van der Waals surface area (Å²) in [5, 5.41) is 2.87. The topological polar surface area (TPSA) is 41.6 Å². The minimum absolute atomic E-state index is 0.0770. The Balaban J connectivity index is 1.67. The van der Waals surface area contributed by atoms with Crippen LogP contribution in [0.5, 0.6) is 0 Å². The van der Waals surface area contributed by atoms with Crippen LogP contribution in [0.25, 0.3) is 0 Å². The van der Waals surface area contributed by atoms with Gasteiger partial charge in [-0.2, -0.15) is 0 Å². The van der Waals surface area contributed by atoms with Crippen molar-refractivity contribution in [2.45, 2.75) is 19.7 Å². The minimum atomic E-state index is -0.0988. The Kier molecular flexibility index (Phi) is 6.78. The van der Waals surface area contributed by atoms with Crippen LogP contribution in [-0.2, 0) is 29.2 Å². The number of carbonyl (C=O) groups is 1. The molecule has 0 aliphatic heterocycles. The summed E-state index contributed by atoms with van der Waals surface area (Å²) in [6.45, 7) is 1.97. The van der Waals surface area contributed by atoms with E-state index < -0.39 is 0 Å². The number of amides is 1. The summed E-state index contributed by atoms with van der Waals surface area (Å²) >= 11 is 0. The summed E-state index contributed by atoms with van der Waals surface area (Å²) in [6, 6.07) is 18.1. The Morgan fingerprint density at radius 3 is 2.26 bits per heavy atom. The fraction of sp³-hybridized carbons (Fsp3) is 0.316. The molecule has 0 aliphatic carbocycles. The van der Waals surface area contributed by atoms with Crippen LogP contribution in [0, 0.1) is 0 Å². The van der Waals surface area contributed by atoms with Crippen molar-refractivity contribution in [1.82, 2.24) is 10.2 Å². The molecular weight excluding hydrogens is 288 g/mol. The third-order valence-electron chi connectivity index (χ3n) is 3.36. The van der Waals surface area contributed by atoms with Crippen molar-refractivity contribution >= 4 is 5.91 Å². The monoisotopic (exact) mass is 312 g/mol. The van der Waals surface area contributed by atoms with Crippen molar-refractivity contribution < 1.29 is 9.53 Å². The molecule has 0 spiro atoms. The lowest BCUT2D eigenvalue weighted by Crippen LogP contribution is -2.27. The average molecular weight is 312 g/mol. The maximum absolute atomic E-state index is 11.8. The molecule has 0 unspecified atom stereocenters. The van der Waals surface area contributed by atoms with Gasteiger partial charge in [-0.3, -0.25) is 4.79 Å². The fourth-order valence-electron chi connectivity index (χ4n) is 2.22. The third-order valence-corrected chi connectivity index (χ3v) is 3.36. The van der Waals surface area contributed by atoms with Crippen molar-refractivity contribution in [3.05, 3.63) is 71.3 Å². The van der Waals surface area contributed by atoms with E-state index in [-0.39, 0.29) is 12.5 Å². The second-order valence-corrected chi connectivity index (χ2v) is 5.81. The van der Waals surface area contributed by atoms with Gasteiger partial charge in [0.1, 0.15) is 6.61 Å². The fourth-order valence-corrected chi connectivity index (χ4v) is 2.22. The Morgan fingerprint density at radius 2 is 1.61 bits per heavy atom. The number of carbonyl (C=O) groups excluding carboxylic acids is 1. The molecule has 2 aromatic rings. The quantitative estimate of drug-likeness (QED) is 0.814. The second-order valence-electron chi connectivity index (χ2n) is 5.81. The summed E-state index contributed by atoms with van der Waals surface area (Å²) in [5.41, 5.74) is 3.41. The van der Waals surface area contributed by atoms with Gasteiger partial charge in [0.25, 0.3) is 0 Å². The molecule has 0 bridgehead atoms. The smallest absolute Gasteiger partial charge is 0.246 e. The SMILES string of the molecule is CN(C)Cc1ccc(CNC(=O)COCc2ccccc2)cc1. The van der Waals surface area contributed by atoms with Gasteiger partial charge in [-0.25, -0.2) is 0 Å². The van der Waals surface area contributed by atoms with E-state index in [9.17, 15) is 4.79 Å². The van der Waals surface area contributed by atoms with E-state index in [4.69, 9.17) is 4.74 Å². The molecule has 23 heavy (non-hydrogen) atoms. The van der Waals surface area contributed by atoms with Crippen molar-refractivity contribution in [2.75, 3.05) is 20.7 Å². The number of nitrogens with zero attached hydrogens (tertiary/aromatic N) is 1. The molecule has 122 valence electrons. The molecule has 0 fully saturated rings. The van der Waals surface area contributed by atoms with E-state index in [0.29, 0.717) is 13.2 Å². The molecule has 0 heterocycles. The first-order valence-electron chi connectivity index (χ1n) is 7.74. The van der Waals surface area contributed by atoms with Crippen LogP contribution in [0.2, 0.25) is 0 Å². The highest BCUT2D eigenvalue weighted by atomic mass is 16.5. The molecule has 0 aromatic heterocycles. The largest absolute Gasteiger partial charge is 0.367 e. The first-order chi connectivity index (χ1) is 11.1. The van der Waals surface area contributed by atoms with E-state index in [1.54, 1.807) is 0 Å². The Bertz CT molecular complexity index is 595. The van der Waals surface area contributed by atoms with E-state index in [0.717, 1.165) is 17.7 Å². The molecule has 0 saturated carbocycles. The van der Waals surface area contributed by atoms with Crippen molar-refractivity contribution in [3.63, 3.8) is 0 Å². The molecule has 4 nitrogen and oxygen atoms in total. The van der Waals surface area contributed by atoms with E-state index in [1.807, 2.05) is 56.6 Å². The summed E-state index contributed by atoms with van der Waals surface area (Å²) < 4.78 is 5.42. The molecule has 0 atom stereocenters. The Hall–Kier alpha value is -2.17. The average Bonchev–Trinajstić information content (AvgIpc) is 2.55. The molecule has 4 heteroatoms. The van der Waals surface area contributed by atoms with Gasteiger partial charge in [0.2, 0.25) is 5.91 Å². The van der Waals surface area contributed by atoms with Crippen LogP contribution in [0.1, 0.15) is 16.7 Å². The highest BCUT2D eigenvalue weighted by Crippen LogP contribution is 2.06. The number of rotatable bonds is 8. The van der Waals surface area contributed by atoms with Crippen molar-refractivity contribution in [1.29, 1.82) is 0 Å². The number of benzene rings is 2. The number of ether oxygens (including phenoxy) is 1. The standard InChI is InChI=1S/C19H24N2O2/c1-21(2)13-17-10-8-16(9-11-17)12-20-19(22)15-23-14-18-6-4-3-5-7-18/h3-11H,12-15H2,1-2H3,(H,20,22). The number of hydrogen-bond acceptors (Lipinski definition) is 3. The van der Waals surface area contributed by atoms with Gasteiger partial charge in [0.05, 0.1) is 6.61 Å². The lowest BCUT2D eigenvalue weighted by atomic mass is 10.1. The van der Waals surface area contributed by atoms with Gasteiger partial charge in [-0.1, -0.05) is 54.6 Å². The van der Waals surface area contributed by atoms with Gasteiger partial charge >= 0.3 is 0 Å². The highest BCUT2D eigenvalue weighted by Gasteiger charge is 2.02. The predicted octanol–water partition coefficient (Wildman–Crippen LogP) is 2.58. The highest BCUT2D eigenvalue weighted by molar-refractivity contribution is 5.77. The normalized spacial score (nSPS) is 10.7. The van der Waals surface area contributed by atoms with E-state index in [2.05, 4.69) is 22.3 Å². The van der Waals surface area contributed by atoms with E-state index >= 15 is 0 Å². The molecular formula is C19H24N2O2. The number of nitrogens with one attached hydrogen (secondary N) is 1. The Morgan fingerprint density at radius 1 is 0.957 bits per heavy atom. The second kappa shape index (κ2) is 9.08. The maximum atomic E-state index is 11.8. The number of hydrogen-bond donors (Lipinski definition) is 1. The lowest BCUT2D eigenvalue weighted by molar-refractivity contribution is -0.126. The Labute approximate surface area is 138 Å². The zero-order valence-electron chi connectivity index (χ0n) is 13.8. The molecule has 2 rings (SSSR count). The first-order valence-corrected chi connectivity index (χ1v) is 7.74. The van der Waals surface area contributed by atoms with Crippen LogP contribution in [0.15, 0.2) is 54.6 Å². The van der Waals surface area contributed by atoms with Crippen LogP contribution in [-0.4, -0.2) is 31.5 Å². The van der Waals surface area contributed by atoms with E-state index in [1.165, 1.54) is 5.56 Å². The van der Waals surface area contributed by atoms with Gasteiger partial charge in [-0.05, 0) is 30.8 Å². The third kappa shape index (κ3) is 6.63. The van der Waals surface area contributed by atoms with Gasteiger partial charge in [0.15, 0.2) is 0 Å². The van der Waals surface area contributed by atoms with Crippen LogP contribution < -0.4 is 5.32 Å². The van der Waals surface area contributed by atoms with Gasteiger partial charge in [-0.15, -0.1) is 0 Å². The minimum Gasteiger partial charge on any atom is -0.367 e. The molecule has 0 saturated heterocycles. The van der Waals surface area contributed by atoms with Crippen LogP contribution >= 0.6 is 0 Å². The molecule has 0 aliphatic rings. The maximum Gasteiger partial charge on any atom is 0.246 e. The summed E-state index contributed by atoms with van der Waals surface area (Å²) in [7, 11) is 4.09. The summed E-state index contributed by atoms with van der Waals surface area (Å²) in [5.74, 6) is -0.0988. The lowest BCUT2D eigenvalue weighted by Gasteiger charge is -2.10. The molecule has 2 aromatic carbocycles. The van der Waals surface area contributed by atoms with Gasteiger partial charge < -0.3 is 15.0 Å².